The maximum absolute atomic E-state index is 12.8. The number of fused-ring (bicyclic) bond motifs is 1. The van der Waals surface area contributed by atoms with Gasteiger partial charge in [-0.2, -0.15) is 10.2 Å². The molecule has 1 aliphatic rings. The van der Waals surface area contributed by atoms with E-state index in [0.29, 0.717) is 0 Å². The number of likely N-dealkylation sites (N-methyl/N-ethyl adjacent to an activating group) is 1. The molecule has 2 aromatic rings. The van der Waals surface area contributed by atoms with Crippen molar-refractivity contribution in [1.29, 1.82) is 0 Å². The minimum Gasteiger partial charge on any atom is -0.347 e. The molecule has 0 saturated carbocycles. The van der Waals surface area contributed by atoms with E-state index in [1.807, 2.05) is 43.6 Å². The molecule has 7 heteroatoms. The highest BCUT2D eigenvalue weighted by Gasteiger charge is 2.35. The lowest BCUT2D eigenvalue weighted by Crippen LogP contribution is -2.45. The summed E-state index contributed by atoms with van der Waals surface area (Å²) < 4.78 is 3.91. The molecule has 1 aliphatic heterocycles. The molecule has 0 spiro atoms. The fourth-order valence-electron chi connectivity index (χ4n) is 3.49. The van der Waals surface area contributed by atoms with Gasteiger partial charge in [0.2, 0.25) is 5.91 Å². The van der Waals surface area contributed by atoms with Gasteiger partial charge in [0.15, 0.2) is 0 Å². The van der Waals surface area contributed by atoms with E-state index >= 15 is 0 Å². The highest BCUT2D eigenvalue weighted by Crippen LogP contribution is 2.30. The Morgan fingerprint density at radius 3 is 2.71 bits per heavy atom. The summed E-state index contributed by atoms with van der Waals surface area (Å²) in [5.41, 5.74) is 4.39. The van der Waals surface area contributed by atoms with Crippen molar-refractivity contribution in [1.82, 2.24) is 29.4 Å². The molecular weight excluding hydrogens is 304 g/mol. The summed E-state index contributed by atoms with van der Waals surface area (Å²) in [5.74, 6) is 0.109. The van der Waals surface area contributed by atoms with E-state index < -0.39 is 0 Å². The molecule has 24 heavy (non-hydrogen) atoms. The largest absolute Gasteiger partial charge is 0.347 e. The molecule has 1 amide bonds. The summed E-state index contributed by atoms with van der Waals surface area (Å²) in [4.78, 5) is 16.7. The molecule has 0 fully saturated rings. The third-order valence-corrected chi connectivity index (χ3v) is 4.77. The first-order chi connectivity index (χ1) is 11.4. The predicted molar refractivity (Wildman–Crippen MR) is 91.6 cm³/mol. The van der Waals surface area contributed by atoms with Crippen molar-refractivity contribution in [2.75, 3.05) is 27.2 Å². The molecule has 0 aromatic carbocycles. The smallest absolute Gasteiger partial charge is 0.244 e. The van der Waals surface area contributed by atoms with Crippen molar-refractivity contribution in [2.45, 2.75) is 32.9 Å². The molecule has 130 valence electrons. The van der Waals surface area contributed by atoms with Crippen molar-refractivity contribution in [3.63, 3.8) is 0 Å². The minimum absolute atomic E-state index is 0.109. The van der Waals surface area contributed by atoms with Crippen LogP contribution in [0.15, 0.2) is 12.3 Å². The standard InChI is InChI=1S/C17H26N6O/c1-12-10-13(2)23(19-12)9-8-22-7-6-15-14(11-18-21(15)5)16(22)17(24)20(3)4/h10-11,16H,6-9H2,1-5H3. The molecule has 3 rings (SSSR count). The van der Waals surface area contributed by atoms with Crippen LogP contribution in [0.3, 0.4) is 0 Å². The summed E-state index contributed by atoms with van der Waals surface area (Å²) >= 11 is 0. The van der Waals surface area contributed by atoms with Crippen LogP contribution in [-0.4, -0.2) is 62.5 Å². The second kappa shape index (κ2) is 6.39. The number of carbonyl (C=O) groups excluding carboxylic acids is 1. The van der Waals surface area contributed by atoms with Crippen molar-refractivity contribution in [3.05, 3.63) is 34.9 Å². The van der Waals surface area contributed by atoms with E-state index in [0.717, 1.165) is 48.7 Å². The molecule has 1 atom stereocenters. The first-order valence-corrected chi connectivity index (χ1v) is 8.35. The molecule has 1 unspecified atom stereocenters. The monoisotopic (exact) mass is 330 g/mol. The van der Waals surface area contributed by atoms with Crippen LogP contribution in [0.4, 0.5) is 0 Å². The van der Waals surface area contributed by atoms with Gasteiger partial charge in [-0.1, -0.05) is 0 Å². The Bertz CT molecular complexity index is 744. The number of carbonyl (C=O) groups is 1. The maximum Gasteiger partial charge on any atom is 0.244 e. The Balaban J connectivity index is 1.83. The molecular formula is C17H26N6O. The zero-order valence-corrected chi connectivity index (χ0v) is 15.2. The van der Waals surface area contributed by atoms with Gasteiger partial charge in [0.05, 0.1) is 18.4 Å². The number of nitrogens with zero attached hydrogens (tertiary/aromatic N) is 6. The van der Waals surface area contributed by atoms with Gasteiger partial charge in [0.25, 0.3) is 0 Å². The molecule has 7 nitrogen and oxygen atoms in total. The topological polar surface area (TPSA) is 59.2 Å². The van der Waals surface area contributed by atoms with E-state index in [1.54, 1.807) is 4.90 Å². The summed E-state index contributed by atoms with van der Waals surface area (Å²) in [6, 6.07) is 1.83. The lowest BCUT2D eigenvalue weighted by atomic mass is 9.98. The van der Waals surface area contributed by atoms with E-state index in [9.17, 15) is 4.79 Å². The summed E-state index contributed by atoms with van der Waals surface area (Å²) in [6.07, 6.45) is 2.76. The molecule has 0 N–H and O–H groups in total. The number of hydrogen-bond acceptors (Lipinski definition) is 4. The normalized spacial score (nSPS) is 17.8. The highest BCUT2D eigenvalue weighted by atomic mass is 16.2. The molecule has 2 aromatic heterocycles. The Labute approximate surface area is 142 Å². The van der Waals surface area contributed by atoms with Crippen molar-refractivity contribution in [2.24, 2.45) is 7.05 Å². The van der Waals surface area contributed by atoms with Gasteiger partial charge in [-0.25, -0.2) is 0 Å². The fraction of sp³-hybridized carbons (Fsp3) is 0.588. The van der Waals surface area contributed by atoms with Crippen LogP contribution in [0.2, 0.25) is 0 Å². The first kappa shape index (κ1) is 16.7. The summed E-state index contributed by atoms with van der Waals surface area (Å²) in [7, 11) is 5.57. The zero-order chi connectivity index (χ0) is 17.4. The third kappa shape index (κ3) is 2.96. The van der Waals surface area contributed by atoms with E-state index in [2.05, 4.69) is 28.1 Å². The number of aryl methyl sites for hydroxylation is 3. The summed E-state index contributed by atoms with van der Waals surface area (Å²) in [5, 5.41) is 8.89. The lowest BCUT2D eigenvalue weighted by molar-refractivity contribution is -0.135. The Morgan fingerprint density at radius 2 is 2.08 bits per heavy atom. The second-order valence-corrected chi connectivity index (χ2v) is 6.74. The average molecular weight is 330 g/mol. The molecule has 0 radical (unpaired) electrons. The van der Waals surface area contributed by atoms with Gasteiger partial charge in [-0.15, -0.1) is 0 Å². The van der Waals surface area contributed by atoms with Gasteiger partial charge < -0.3 is 4.90 Å². The quantitative estimate of drug-likeness (QED) is 0.836. The van der Waals surface area contributed by atoms with E-state index in [4.69, 9.17) is 0 Å². The Kier molecular flexibility index (Phi) is 4.45. The molecule has 3 heterocycles. The zero-order valence-electron chi connectivity index (χ0n) is 15.2. The van der Waals surface area contributed by atoms with Crippen LogP contribution in [0.1, 0.15) is 28.7 Å². The lowest BCUT2D eigenvalue weighted by Gasteiger charge is -2.36. The van der Waals surface area contributed by atoms with Crippen LogP contribution in [-0.2, 0) is 24.8 Å². The number of hydrogen-bond donors (Lipinski definition) is 0. The van der Waals surface area contributed by atoms with Gasteiger partial charge in [0.1, 0.15) is 6.04 Å². The van der Waals surface area contributed by atoms with Crippen LogP contribution >= 0.6 is 0 Å². The Hall–Kier alpha value is -2.15. The molecule has 0 bridgehead atoms. The Morgan fingerprint density at radius 1 is 1.33 bits per heavy atom. The van der Waals surface area contributed by atoms with Crippen LogP contribution in [0, 0.1) is 13.8 Å². The van der Waals surface area contributed by atoms with Gasteiger partial charge >= 0.3 is 0 Å². The van der Waals surface area contributed by atoms with Crippen LogP contribution in [0.25, 0.3) is 0 Å². The average Bonchev–Trinajstić information content (AvgIpc) is 3.06. The third-order valence-electron chi connectivity index (χ3n) is 4.77. The minimum atomic E-state index is -0.255. The van der Waals surface area contributed by atoms with E-state index in [-0.39, 0.29) is 11.9 Å². The van der Waals surface area contributed by atoms with Gasteiger partial charge in [-0.3, -0.25) is 19.1 Å². The van der Waals surface area contributed by atoms with Gasteiger partial charge in [-0.05, 0) is 19.9 Å². The van der Waals surface area contributed by atoms with E-state index in [1.165, 1.54) is 0 Å². The van der Waals surface area contributed by atoms with Crippen molar-refractivity contribution in [3.8, 4) is 0 Å². The highest BCUT2D eigenvalue weighted by molar-refractivity contribution is 5.83. The van der Waals surface area contributed by atoms with Crippen LogP contribution < -0.4 is 0 Å². The summed E-state index contributed by atoms with van der Waals surface area (Å²) in [6.45, 7) is 6.51. The number of rotatable bonds is 4. The second-order valence-electron chi connectivity index (χ2n) is 6.74. The fourth-order valence-corrected chi connectivity index (χ4v) is 3.49. The van der Waals surface area contributed by atoms with Crippen molar-refractivity contribution < 1.29 is 4.79 Å². The molecule has 0 saturated heterocycles. The van der Waals surface area contributed by atoms with Crippen molar-refractivity contribution >= 4 is 5.91 Å². The van der Waals surface area contributed by atoms with Gasteiger partial charge in [0, 0.05) is 57.6 Å². The number of amides is 1. The SMILES string of the molecule is Cc1cc(C)n(CCN2CCc3c(cnn3C)C2C(=O)N(C)C)n1. The number of aromatic nitrogens is 4. The maximum atomic E-state index is 12.8. The molecule has 0 aliphatic carbocycles. The first-order valence-electron chi connectivity index (χ1n) is 8.35. The predicted octanol–water partition coefficient (Wildman–Crippen LogP) is 0.921. The van der Waals surface area contributed by atoms with Crippen LogP contribution in [0.5, 0.6) is 0 Å².